The lowest BCUT2D eigenvalue weighted by molar-refractivity contribution is -0.143. The molecule has 0 heterocycles. The molecule has 0 spiro atoms. The van der Waals surface area contributed by atoms with Crippen molar-refractivity contribution < 1.29 is 53.7 Å². The van der Waals surface area contributed by atoms with Crippen molar-refractivity contribution in [1.82, 2.24) is 26.6 Å². The van der Waals surface area contributed by atoms with Crippen LogP contribution in [0.4, 0.5) is 0 Å². The van der Waals surface area contributed by atoms with Gasteiger partial charge in [-0.05, 0) is 50.0 Å². The van der Waals surface area contributed by atoms with Crippen molar-refractivity contribution in [2.45, 2.75) is 187 Å². The monoisotopic (exact) mass is 875 g/mol. The SMILES string of the molecule is CC(C)C[C@H](NC(=O)[C@H](CC(C)C)NC(=O)[C@@H](NC(=O)CCCCCCCCCCCCCCC(=O)N[C@@H](CC(N)=O)C(=O)N[C@@H](Cc1ccccc1)C(=O)O)C(C)O)C(=O)O. The Morgan fingerprint density at radius 2 is 0.919 bits per heavy atom. The first kappa shape index (κ1) is 55.0. The standard InChI is InChI=1S/C45H74N6O11/c1-29(2)25-33(41(56)49-35(44(59)60)26-30(3)4)48-43(58)40(31(5)52)51-39(55)24-20-15-13-11-9-7-6-8-10-12-14-19-23-38(54)47-34(28-37(46)53)42(57)50-36(45(61)62)27-32-21-17-16-18-22-32/h16-18,21-22,29-31,33-36,40,52H,6-15,19-20,23-28H2,1-5H3,(H2,46,53)(H,47,54)(H,48,58)(H,49,56)(H,50,57)(H,51,55)(H,59,60)(H,61,62)/t31?,33-,34-,35-,36-,40-/m0/s1. The smallest absolute Gasteiger partial charge is 0.326 e. The second-order valence-corrected chi connectivity index (χ2v) is 17.1. The van der Waals surface area contributed by atoms with Crippen LogP contribution in [0.25, 0.3) is 0 Å². The summed E-state index contributed by atoms with van der Waals surface area (Å²) in [6, 6.07) is 2.81. The number of aliphatic hydroxyl groups excluding tert-OH is 1. The highest BCUT2D eigenvalue weighted by molar-refractivity contribution is 5.94. The zero-order chi connectivity index (χ0) is 46.6. The maximum atomic E-state index is 13.1. The Hall–Kier alpha value is -5.06. The Morgan fingerprint density at radius 3 is 1.35 bits per heavy atom. The third-order valence-electron chi connectivity index (χ3n) is 10.3. The number of rotatable bonds is 34. The lowest BCUT2D eigenvalue weighted by Gasteiger charge is -2.27. The number of nitrogens with two attached hydrogens (primary N) is 1. The average Bonchev–Trinajstić information content (AvgIpc) is 3.18. The molecule has 17 nitrogen and oxygen atoms in total. The number of carbonyl (C=O) groups excluding carboxylic acids is 6. The van der Waals surface area contributed by atoms with Crippen molar-refractivity contribution in [3.05, 3.63) is 35.9 Å². The molecule has 0 saturated carbocycles. The average molecular weight is 875 g/mol. The van der Waals surface area contributed by atoms with Crippen molar-refractivity contribution in [3.63, 3.8) is 0 Å². The molecule has 6 amide bonds. The first-order valence-corrected chi connectivity index (χ1v) is 22.3. The molecular weight excluding hydrogens is 801 g/mol. The zero-order valence-electron chi connectivity index (χ0n) is 37.4. The number of aliphatic hydroxyl groups is 1. The first-order chi connectivity index (χ1) is 29.3. The third-order valence-corrected chi connectivity index (χ3v) is 10.3. The van der Waals surface area contributed by atoms with Gasteiger partial charge < -0.3 is 47.6 Å². The lowest BCUT2D eigenvalue weighted by atomic mass is 10.00. The van der Waals surface area contributed by atoms with E-state index in [0.717, 1.165) is 64.2 Å². The fraction of sp³-hybridized carbons (Fsp3) is 0.689. The Kier molecular flexibility index (Phi) is 27.4. The molecule has 1 aromatic carbocycles. The molecule has 10 N–H and O–H groups in total. The second-order valence-electron chi connectivity index (χ2n) is 17.1. The molecule has 0 aliphatic heterocycles. The topological polar surface area (TPSA) is 283 Å². The summed E-state index contributed by atoms with van der Waals surface area (Å²) in [5.74, 6) is -6.17. The number of hydrogen-bond acceptors (Lipinski definition) is 9. The molecule has 62 heavy (non-hydrogen) atoms. The molecule has 0 fully saturated rings. The zero-order valence-corrected chi connectivity index (χ0v) is 37.4. The predicted molar refractivity (Wildman–Crippen MR) is 234 cm³/mol. The van der Waals surface area contributed by atoms with Gasteiger partial charge in [-0.15, -0.1) is 0 Å². The van der Waals surface area contributed by atoms with Crippen LogP contribution in [0.5, 0.6) is 0 Å². The summed E-state index contributed by atoms with van der Waals surface area (Å²) in [5.41, 5.74) is 6.00. The third kappa shape index (κ3) is 25.0. The fourth-order valence-electron chi connectivity index (χ4n) is 6.92. The second kappa shape index (κ2) is 30.9. The summed E-state index contributed by atoms with van der Waals surface area (Å²) in [6.07, 6.45) is 10.2. The first-order valence-electron chi connectivity index (χ1n) is 22.3. The van der Waals surface area contributed by atoms with E-state index in [1.54, 1.807) is 30.3 Å². The molecule has 1 unspecified atom stereocenters. The van der Waals surface area contributed by atoms with E-state index in [4.69, 9.17) is 5.73 Å². The van der Waals surface area contributed by atoms with Gasteiger partial charge in [0, 0.05) is 19.3 Å². The molecule has 0 bridgehead atoms. The number of benzene rings is 1. The molecule has 350 valence electrons. The van der Waals surface area contributed by atoms with Crippen LogP contribution < -0.4 is 32.3 Å². The molecular formula is C45H74N6O11. The quantitative estimate of drug-likeness (QED) is 0.0451. The molecule has 0 aliphatic carbocycles. The van der Waals surface area contributed by atoms with E-state index in [0.29, 0.717) is 18.4 Å². The molecule has 0 aliphatic rings. The summed E-state index contributed by atoms with van der Waals surface area (Å²) < 4.78 is 0. The minimum Gasteiger partial charge on any atom is -0.480 e. The molecule has 0 saturated heterocycles. The van der Waals surface area contributed by atoms with Crippen LogP contribution in [0.15, 0.2) is 30.3 Å². The maximum absolute atomic E-state index is 13.1. The minimum absolute atomic E-state index is 0.0115. The summed E-state index contributed by atoms with van der Waals surface area (Å²) in [4.78, 5) is 99.4. The number of unbranched alkanes of at least 4 members (excludes halogenated alkanes) is 11. The Balaban J connectivity index is 2.31. The van der Waals surface area contributed by atoms with E-state index in [-0.39, 0.29) is 49.8 Å². The van der Waals surface area contributed by atoms with Gasteiger partial charge >= 0.3 is 11.9 Å². The number of amides is 6. The summed E-state index contributed by atoms with van der Waals surface area (Å²) in [5, 5.41) is 42.1. The number of aliphatic carboxylic acids is 2. The number of primary amides is 1. The van der Waals surface area contributed by atoms with Gasteiger partial charge in [-0.25, -0.2) is 9.59 Å². The number of carbonyl (C=O) groups is 8. The Morgan fingerprint density at radius 1 is 0.516 bits per heavy atom. The number of nitrogens with one attached hydrogen (secondary N) is 5. The fourth-order valence-corrected chi connectivity index (χ4v) is 6.92. The molecule has 1 rings (SSSR count). The highest BCUT2D eigenvalue weighted by Crippen LogP contribution is 2.14. The van der Waals surface area contributed by atoms with Gasteiger partial charge in [0.05, 0.1) is 12.5 Å². The number of carboxylic acid groups (broad SMARTS) is 2. The van der Waals surface area contributed by atoms with E-state index >= 15 is 0 Å². The lowest BCUT2D eigenvalue weighted by Crippen LogP contribution is -2.58. The van der Waals surface area contributed by atoms with Crippen molar-refractivity contribution in [3.8, 4) is 0 Å². The van der Waals surface area contributed by atoms with Crippen LogP contribution in [0, 0.1) is 11.8 Å². The van der Waals surface area contributed by atoms with Crippen molar-refractivity contribution in [2.75, 3.05) is 0 Å². The Bertz CT molecular complexity index is 1560. The summed E-state index contributed by atoms with van der Waals surface area (Å²) >= 11 is 0. The van der Waals surface area contributed by atoms with Crippen molar-refractivity contribution in [1.29, 1.82) is 0 Å². The minimum atomic E-state index is -1.28. The molecule has 0 radical (unpaired) electrons. The maximum Gasteiger partial charge on any atom is 0.326 e. The predicted octanol–water partition coefficient (Wildman–Crippen LogP) is 3.63. The molecule has 17 heteroatoms. The van der Waals surface area contributed by atoms with E-state index < -0.39 is 84.2 Å². The number of hydrogen-bond donors (Lipinski definition) is 9. The van der Waals surface area contributed by atoms with Crippen LogP contribution in [0.1, 0.15) is 149 Å². The van der Waals surface area contributed by atoms with Crippen LogP contribution in [0.3, 0.4) is 0 Å². The van der Waals surface area contributed by atoms with E-state index in [1.165, 1.54) is 6.92 Å². The Labute approximate surface area is 366 Å². The van der Waals surface area contributed by atoms with Crippen LogP contribution in [-0.2, 0) is 44.8 Å². The highest BCUT2D eigenvalue weighted by Gasteiger charge is 2.32. The molecule has 0 aromatic heterocycles. The van der Waals surface area contributed by atoms with Gasteiger partial charge in [0.25, 0.3) is 0 Å². The van der Waals surface area contributed by atoms with E-state index in [9.17, 15) is 53.7 Å². The van der Waals surface area contributed by atoms with Gasteiger partial charge in [-0.3, -0.25) is 28.8 Å². The van der Waals surface area contributed by atoms with Gasteiger partial charge in [0.2, 0.25) is 35.4 Å². The van der Waals surface area contributed by atoms with Gasteiger partial charge in [-0.1, -0.05) is 122 Å². The van der Waals surface area contributed by atoms with Crippen LogP contribution in [-0.4, -0.2) is 99.0 Å². The molecule has 6 atom stereocenters. The van der Waals surface area contributed by atoms with Gasteiger partial charge in [-0.2, -0.15) is 0 Å². The normalized spacial score (nSPS) is 14.1. The highest BCUT2D eigenvalue weighted by atomic mass is 16.4. The largest absolute Gasteiger partial charge is 0.480 e. The van der Waals surface area contributed by atoms with Gasteiger partial charge in [0.1, 0.15) is 30.2 Å². The number of carboxylic acids is 2. The van der Waals surface area contributed by atoms with Crippen molar-refractivity contribution >= 4 is 47.4 Å². The van der Waals surface area contributed by atoms with E-state index in [2.05, 4.69) is 26.6 Å². The van der Waals surface area contributed by atoms with Crippen LogP contribution in [0.2, 0.25) is 0 Å². The molecule has 1 aromatic rings. The van der Waals surface area contributed by atoms with Gasteiger partial charge in [0.15, 0.2) is 0 Å². The van der Waals surface area contributed by atoms with Crippen LogP contribution >= 0.6 is 0 Å². The summed E-state index contributed by atoms with van der Waals surface area (Å²) in [7, 11) is 0. The van der Waals surface area contributed by atoms with Crippen molar-refractivity contribution in [2.24, 2.45) is 17.6 Å². The van der Waals surface area contributed by atoms with E-state index in [1.807, 2.05) is 27.7 Å². The summed E-state index contributed by atoms with van der Waals surface area (Å²) in [6.45, 7) is 8.78.